The van der Waals surface area contributed by atoms with Gasteiger partial charge in [0.1, 0.15) is 0 Å². The van der Waals surface area contributed by atoms with Crippen LogP contribution in [0.15, 0.2) is 11.6 Å². The molecule has 1 aliphatic carbocycles. The molecule has 1 atom stereocenters. The van der Waals surface area contributed by atoms with Crippen LogP contribution in [0.1, 0.15) is 26.7 Å². The molecule has 66 valence electrons. The molecule has 0 saturated carbocycles. The first-order chi connectivity index (χ1) is 5.47. The van der Waals surface area contributed by atoms with E-state index in [0.29, 0.717) is 12.0 Å². The molecular weight excluding hydrogens is 158 g/mol. The molecule has 0 aromatic carbocycles. The lowest BCUT2D eigenvalue weighted by atomic mass is 9.83. The summed E-state index contributed by atoms with van der Waals surface area (Å²) in [5, 5.41) is 10.6. The highest BCUT2D eigenvalue weighted by Crippen LogP contribution is 2.29. The summed E-state index contributed by atoms with van der Waals surface area (Å²) in [6, 6.07) is 0. The van der Waals surface area contributed by atoms with Crippen LogP contribution in [-0.2, 0) is 4.79 Å². The van der Waals surface area contributed by atoms with Crippen molar-refractivity contribution in [3.05, 3.63) is 21.8 Å². The zero-order valence-electron chi connectivity index (χ0n) is 7.16. The number of carbonyl (C=O) groups excluding carboxylic acids is 1. The molecule has 0 bridgehead atoms. The lowest BCUT2D eigenvalue weighted by Crippen LogP contribution is -2.39. The molecule has 0 amide bonds. The summed E-state index contributed by atoms with van der Waals surface area (Å²) >= 11 is 0. The SMILES string of the molecule is CC1=CC(=O)CCC1(C)[N+](=O)[O-]. The number of allylic oxidation sites excluding steroid dienone is 1. The lowest BCUT2D eigenvalue weighted by molar-refractivity contribution is -0.554. The van der Waals surface area contributed by atoms with Crippen LogP contribution >= 0.6 is 0 Å². The van der Waals surface area contributed by atoms with Crippen LogP contribution in [0.25, 0.3) is 0 Å². The van der Waals surface area contributed by atoms with Gasteiger partial charge >= 0.3 is 0 Å². The third-order valence-electron chi connectivity index (χ3n) is 2.49. The molecule has 0 saturated heterocycles. The van der Waals surface area contributed by atoms with Crippen LogP contribution < -0.4 is 0 Å². The zero-order valence-corrected chi connectivity index (χ0v) is 7.16. The molecule has 4 heteroatoms. The van der Waals surface area contributed by atoms with Crippen LogP contribution in [0.4, 0.5) is 0 Å². The van der Waals surface area contributed by atoms with E-state index in [-0.39, 0.29) is 17.1 Å². The quantitative estimate of drug-likeness (QED) is 0.439. The Labute approximate surface area is 70.4 Å². The summed E-state index contributed by atoms with van der Waals surface area (Å²) in [6.07, 6.45) is 1.99. The number of rotatable bonds is 1. The molecule has 1 unspecified atom stereocenters. The van der Waals surface area contributed by atoms with E-state index in [1.54, 1.807) is 13.8 Å². The maximum Gasteiger partial charge on any atom is 0.241 e. The fraction of sp³-hybridized carbons (Fsp3) is 0.625. The van der Waals surface area contributed by atoms with Gasteiger partial charge in [0.15, 0.2) is 5.78 Å². The van der Waals surface area contributed by atoms with Crippen molar-refractivity contribution in [1.29, 1.82) is 0 Å². The van der Waals surface area contributed by atoms with Crippen molar-refractivity contribution in [3.63, 3.8) is 0 Å². The highest BCUT2D eigenvalue weighted by molar-refractivity contribution is 5.91. The first-order valence-corrected chi connectivity index (χ1v) is 3.83. The summed E-state index contributed by atoms with van der Waals surface area (Å²) in [4.78, 5) is 21.2. The second-order valence-electron chi connectivity index (χ2n) is 3.32. The van der Waals surface area contributed by atoms with Crippen molar-refractivity contribution in [2.75, 3.05) is 0 Å². The summed E-state index contributed by atoms with van der Waals surface area (Å²) < 4.78 is 0. The molecule has 1 aliphatic rings. The van der Waals surface area contributed by atoms with Gasteiger partial charge in [-0.2, -0.15) is 0 Å². The predicted octanol–water partition coefficient (Wildman–Crippen LogP) is 1.33. The van der Waals surface area contributed by atoms with Crippen molar-refractivity contribution >= 4 is 5.78 Å². The summed E-state index contributed by atoms with van der Waals surface area (Å²) in [7, 11) is 0. The zero-order chi connectivity index (χ0) is 9.35. The lowest BCUT2D eigenvalue weighted by Gasteiger charge is -2.24. The Hall–Kier alpha value is -1.19. The van der Waals surface area contributed by atoms with Crippen LogP contribution in [0, 0.1) is 10.1 Å². The molecule has 4 nitrogen and oxygen atoms in total. The van der Waals surface area contributed by atoms with E-state index in [2.05, 4.69) is 0 Å². The number of hydrogen-bond donors (Lipinski definition) is 0. The van der Waals surface area contributed by atoms with Crippen molar-refractivity contribution in [2.24, 2.45) is 0 Å². The molecule has 12 heavy (non-hydrogen) atoms. The maximum atomic E-state index is 10.9. The number of hydrogen-bond acceptors (Lipinski definition) is 3. The molecule has 0 fully saturated rings. The normalized spacial score (nSPS) is 29.8. The number of nitro groups is 1. The van der Waals surface area contributed by atoms with Crippen LogP contribution in [-0.4, -0.2) is 16.2 Å². The van der Waals surface area contributed by atoms with E-state index < -0.39 is 5.54 Å². The Morgan fingerprint density at radius 3 is 2.67 bits per heavy atom. The van der Waals surface area contributed by atoms with Crippen molar-refractivity contribution in [2.45, 2.75) is 32.2 Å². The minimum Gasteiger partial charge on any atom is -0.295 e. The molecule has 0 radical (unpaired) electrons. The molecular formula is C8H11NO3. The van der Waals surface area contributed by atoms with Gasteiger partial charge in [-0.25, -0.2) is 0 Å². The molecule has 0 N–H and O–H groups in total. The number of carbonyl (C=O) groups is 1. The van der Waals surface area contributed by atoms with Crippen molar-refractivity contribution < 1.29 is 9.72 Å². The molecule has 0 spiro atoms. The van der Waals surface area contributed by atoms with Gasteiger partial charge in [-0.05, 0) is 13.0 Å². The Balaban J connectivity index is 3.02. The molecule has 0 aromatic rings. The standard InChI is InChI=1S/C8H11NO3/c1-6-5-7(10)3-4-8(6,2)9(11)12/h5H,3-4H2,1-2H3. The van der Waals surface area contributed by atoms with Crippen LogP contribution in [0.2, 0.25) is 0 Å². The van der Waals surface area contributed by atoms with E-state index in [1.165, 1.54) is 6.08 Å². The minimum absolute atomic E-state index is 0.00757. The van der Waals surface area contributed by atoms with Gasteiger partial charge in [-0.15, -0.1) is 0 Å². The topological polar surface area (TPSA) is 60.2 Å². The molecule has 0 aromatic heterocycles. The average Bonchev–Trinajstić information content (AvgIpc) is 1.97. The number of nitrogens with zero attached hydrogens (tertiary/aromatic N) is 1. The summed E-state index contributed by atoms with van der Waals surface area (Å²) in [5.41, 5.74) is -0.461. The Morgan fingerprint density at radius 2 is 2.25 bits per heavy atom. The monoisotopic (exact) mass is 169 g/mol. The summed E-state index contributed by atoms with van der Waals surface area (Å²) in [5.74, 6) is -0.00757. The van der Waals surface area contributed by atoms with E-state index in [0.717, 1.165) is 0 Å². The fourth-order valence-electron chi connectivity index (χ4n) is 1.27. The van der Waals surface area contributed by atoms with Gasteiger partial charge in [-0.1, -0.05) is 0 Å². The molecule has 0 aliphatic heterocycles. The predicted molar refractivity (Wildman–Crippen MR) is 43.4 cm³/mol. The number of ketones is 1. The first-order valence-electron chi connectivity index (χ1n) is 3.83. The van der Waals surface area contributed by atoms with E-state index in [4.69, 9.17) is 0 Å². The largest absolute Gasteiger partial charge is 0.295 e. The van der Waals surface area contributed by atoms with Gasteiger partial charge in [0.25, 0.3) is 0 Å². The van der Waals surface area contributed by atoms with Crippen LogP contribution in [0.3, 0.4) is 0 Å². The van der Waals surface area contributed by atoms with Gasteiger partial charge in [0, 0.05) is 30.3 Å². The second-order valence-corrected chi connectivity index (χ2v) is 3.32. The molecule has 1 rings (SSSR count). The van der Waals surface area contributed by atoms with E-state index in [9.17, 15) is 14.9 Å². The van der Waals surface area contributed by atoms with Gasteiger partial charge < -0.3 is 0 Å². The third kappa shape index (κ3) is 1.24. The summed E-state index contributed by atoms with van der Waals surface area (Å²) in [6.45, 7) is 3.20. The van der Waals surface area contributed by atoms with Gasteiger partial charge in [-0.3, -0.25) is 14.9 Å². The molecule has 0 heterocycles. The highest BCUT2D eigenvalue weighted by atomic mass is 16.6. The highest BCUT2D eigenvalue weighted by Gasteiger charge is 2.41. The fourth-order valence-corrected chi connectivity index (χ4v) is 1.27. The Morgan fingerprint density at radius 1 is 1.67 bits per heavy atom. The van der Waals surface area contributed by atoms with Gasteiger partial charge in [0.05, 0.1) is 0 Å². The van der Waals surface area contributed by atoms with E-state index >= 15 is 0 Å². The van der Waals surface area contributed by atoms with Crippen molar-refractivity contribution in [3.8, 4) is 0 Å². The Kier molecular flexibility index (Phi) is 2.00. The third-order valence-corrected chi connectivity index (χ3v) is 2.49. The van der Waals surface area contributed by atoms with E-state index in [1.807, 2.05) is 0 Å². The average molecular weight is 169 g/mol. The smallest absolute Gasteiger partial charge is 0.241 e. The Bertz CT molecular complexity index is 269. The van der Waals surface area contributed by atoms with Gasteiger partial charge in [0.2, 0.25) is 5.54 Å². The minimum atomic E-state index is -1.02. The first kappa shape index (κ1) is 8.90. The van der Waals surface area contributed by atoms with Crippen molar-refractivity contribution in [1.82, 2.24) is 0 Å². The van der Waals surface area contributed by atoms with Crippen LogP contribution in [0.5, 0.6) is 0 Å². The second kappa shape index (κ2) is 2.69. The maximum absolute atomic E-state index is 10.9.